The van der Waals surface area contributed by atoms with E-state index in [4.69, 9.17) is 0 Å². The van der Waals surface area contributed by atoms with Crippen LogP contribution in [0.25, 0.3) is 0 Å². The Labute approximate surface area is 130 Å². The average Bonchev–Trinajstić information content (AvgIpc) is 3.02. The Bertz CT molecular complexity index is 626. The molecule has 3 rings (SSSR count). The van der Waals surface area contributed by atoms with E-state index in [1.54, 1.807) is 0 Å². The normalized spacial score (nSPS) is 37.8. The molecule has 1 N–H and O–H groups in total. The molecule has 0 aromatic rings. The van der Waals surface area contributed by atoms with Crippen molar-refractivity contribution < 1.29 is 23.1 Å². The Morgan fingerprint density at radius 1 is 1.36 bits per heavy atom. The highest BCUT2D eigenvalue weighted by molar-refractivity contribution is 7.89. The Hall–Kier alpha value is -0.950. The van der Waals surface area contributed by atoms with Crippen LogP contribution >= 0.6 is 0 Å². The van der Waals surface area contributed by atoms with E-state index >= 15 is 0 Å². The first-order valence-electron chi connectivity index (χ1n) is 7.87. The predicted molar refractivity (Wildman–Crippen MR) is 79.7 cm³/mol. The molecule has 0 aromatic carbocycles. The van der Waals surface area contributed by atoms with Crippen molar-refractivity contribution in [2.45, 2.75) is 52.0 Å². The Kier molecular flexibility index (Phi) is 3.45. The first-order valence-corrected chi connectivity index (χ1v) is 9.48. The molecular formula is C15H23NO5S. The number of carboxylic acid groups (broad SMARTS) is 1. The molecular weight excluding hydrogens is 306 g/mol. The van der Waals surface area contributed by atoms with Crippen molar-refractivity contribution in [3.05, 3.63) is 0 Å². The molecule has 0 aromatic heterocycles. The number of ketones is 1. The minimum absolute atomic E-state index is 0.0448. The summed E-state index contributed by atoms with van der Waals surface area (Å²) in [6.07, 6.45) is 2.86. The van der Waals surface area contributed by atoms with E-state index in [2.05, 4.69) is 0 Å². The van der Waals surface area contributed by atoms with Crippen LogP contribution in [0.15, 0.2) is 0 Å². The van der Waals surface area contributed by atoms with Crippen molar-refractivity contribution >= 4 is 21.8 Å². The number of carboxylic acids is 1. The van der Waals surface area contributed by atoms with Crippen molar-refractivity contribution in [2.24, 2.45) is 16.7 Å². The Morgan fingerprint density at radius 2 is 2.05 bits per heavy atom. The smallest absolute Gasteiger partial charge is 0.322 e. The van der Waals surface area contributed by atoms with Crippen LogP contribution in [0.5, 0.6) is 0 Å². The third-order valence-electron chi connectivity index (χ3n) is 6.41. The highest BCUT2D eigenvalue weighted by Crippen LogP contribution is 2.64. The van der Waals surface area contributed by atoms with Crippen molar-refractivity contribution in [3.63, 3.8) is 0 Å². The van der Waals surface area contributed by atoms with Crippen LogP contribution in [0.4, 0.5) is 0 Å². The summed E-state index contributed by atoms with van der Waals surface area (Å²) >= 11 is 0. The number of Topliss-reactive ketones (excluding diaryl/α,β-unsaturated/α-hetero) is 1. The zero-order valence-corrected chi connectivity index (χ0v) is 13.9. The van der Waals surface area contributed by atoms with Gasteiger partial charge in [-0.15, -0.1) is 0 Å². The zero-order chi connectivity index (χ0) is 16.3. The molecule has 22 heavy (non-hydrogen) atoms. The highest BCUT2D eigenvalue weighted by atomic mass is 32.2. The second-order valence-electron chi connectivity index (χ2n) is 7.53. The number of nitrogens with zero attached hydrogens (tertiary/aromatic N) is 1. The van der Waals surface area contributed by atoms with Gasteiger partial charge in [0.2, 0.25) is 10.0 Å². The van der Waals surface area contributed by atoms with Gasteiger partial charge in [-0.1, -0.05) is 13.8 Å². The molecule has 0 amide bonds. The molecule has 124 valence electrons. The van der Waals surface area contributed by atoms with Crippen LogP contribution < -0.4 is 0 Å². The summed E-state index contributed by atoms with van der Waals surface area (Å²) in [7, 11) is -3.75. The standard InChI is InChI=1S/C15H23NO5S/c1-14(2)10-5-6-15(14,12(17)8-10)9-22(20,21)16-7-3-4-11(16)13(18)19/h10-11H,3-9H2,1-2H3,(H,18,19). The summed E-state index contributed by atoms with van der Waals surface area (Å²) < 4.78 is 26.8. The SMILES string of the molecule is CC1(C)C2CCC1(CS(=O)(=O)N1CCCC1C(=O)O)C(=O)C2. The summed E-state index contributed by atoms with van der Waals surface area (Å²) in [4.78, 5) is 23.8. The van der Waals surface area contributed by atoms with E-state index in [0.717, 1.165) is 10.7 Å². The van der Waals surface area contributed by atoms with Gasteiger partial charge >= 0.3 is 5.97 Å². The largest absolute Gasteiger partial charge is 0.480 e. The van der Waals surface area contributed by atoms with Crippen molar-refractivity contribution in [1.29, 1.82) is 0 Å². The molecule has 0 spiro atoms. The lowest BCUT2D eigenvalue weighted by Gasteiger charge is -2.37. The van der Waals surface area contributed by atoms with Crippen molar-refractivity contribution in [1.82, 2.24) is 4.31 Å². The van der Waals surface area contributed by atoms with E-state index in [0.29, 0.717) is 25.7 Å². The minimum atomic E-state index is -3.75. The third kappa shape index (κ3) is 1.98. The summed E-state index contributed by atoms with van der Waals surface area (Å²) in [6, 6.07) is -0.974. The fourth-order valence-electron chi connectivity index (χ4n) is 4.82. The average molecular weight is 329 g/mol. The van der Waals surface area contributed by atoms with Crippen molar-refractivity contribution in [3.8, 4) is 0 Å². The van der Waals surface area contributed by atoms with Crippen LogP contribution in [-0.4, -0.2) is 47.9 Å². The van der Waals surface area contributed by atoms with Gasteiger partial charge in [0.25, 0.3) is 0 Å². The molecule has 3 aliphatic rings. The fourth-order valence-corrected chi connectivity index (χ4v) is 7.28. The lowest BCUT2D eigenvalue weighted by atomic mass is 9.70. The number of fused-ring (bicyclic) bond motifs is 2. The van der Waals surface area contributed by atoms with E-state index in [1.807, 2.05) is 13.8 Å². The molecule has 1 aliphatic heterocycles. The van der Waals surface area contributed by atoms with Crippen LogP contribution in [-0.2, 0) is 19.6 Å². The minimum Gasteiger partial charge on any atom is -0.480 e. The summed E-state index contributed by atoms with van der Waals surface area (Å²) in [5, 5.41) is 9.22. The first kappa shape index (κ1) is 15.9. The van der Waals surface area contributed by atoms with Crippen LogP contribution in [0.2, 0.25) is 0 Å². The molecule has 1 saturated heterocycles. The number of hydrogen-bond donors (Lipinski definition) is 1. The van der Waals surface area contributed by atoms with E-state index in [1.165, 1.54) is 0 Å². The van der Waals surface area contributed by atoms with Gasteiger partial charge in [-0.05, 0) is 37.0 Å². The molecule has 3 unspecified atom stereocenters. The summed E-state index contributed by atoms with van der Waals surface area (Å²) in [5.41, 5.74) is -1.16. The highest BCUT2D eigenvalue weighted by Gasteiger charge is 2.65. The molecule has 1 heterocycles. The molecule has 2 bridgehead atoms. The Balaban J connectivity index is 1.92. The van der Waals surface area contributed by atoms with E-state index in [9.17, 15) is 23.1 Å². The second kappa shape index (κ2) is 4.77. The molecule has 3 fully saturated rings. The van der Waals surface area contributed by atoms with Gasteiger partial charge in [-0.2, -0.15) is 4.31 Å². The number of carbonyl (C=O) groups is 2. The maximum Gasteiger partial charge on any atom is 0.322 e. The van der Waals surface area contributed by atoms with Gasteiger partial charge in [0.05, 0.1) is 5.75 Å². The zero-order valence-electron chi connectivity index (χ0n) is 13.0. The van der Waals surface area contributed by atoms with Crippen LogP contribution in [0.3, 0.4) is 0 Å². The quantitative estimate of drug-likeness (QED) is 0.838. The van der Waals surface area contributed by atoms with Gasteiger partial charge in [0.15, 0.2) is 0 Å². The Morgan fingerprint density at radius 3 is 2.55 bits per heavy atom. The summed E-state index contributed by atoms with van der Waals surface area (Å²) in [6.45, 7) is 4.22. The maximum absolute atomic E-state index is 12.8. The number of aliphatic carboxylic acids is 1. The maximum atomic E-state index is 12.8. The molecule has 7 heteroatoms. The van der Waals surface area contributed by atoms with E-state index < -0.39 is 27.4 Å². The van der Waals surface area contributed by atoms with Gasteiger partial charge in [-0.3, -0.25) is 9.59 Å². The van der Waals surface area contributed by atoms with Gasteiger partial charge < -0.3 is 5.11 Å². The predicted octanol–water partition coefficient (Wildman–Crippen LogP) is 1.26. The fraction of sp³-hybridized carbons (Fsp3) is 0.867. The number of sulfonamides is 1. The monoisotopic (exact) mass is 329 g/mol. The van der Waals surface area contributed by atoms with Crippen molar-refractivity contribution in [2.75, 3.05) is 12.3 Å². The lowest BCUT2D eigenvalue weighted by Crippen LogP contribution is -2.49. The number of carbonyl (C=O) groups excluding carboxylic acids is 1. The van der Waals surface area contributed by atoms with Gasteiger partial charge in [-0.25, -0.2) is 8.42 Å². The molecule has 2 saturated carbocycles. The first-order chi connectivity index (χ1) is 10.1. The molecule has 0 radical (unpaired) electrons. The van der Waals surface area contributed by atoms with Crippen LogP contribution in [0.1, 0.15) is 46.0 Å². The van der Waals surface area contributed by atoms with E-state index in [-0.39, 0.29) is 29.4 Å². The topological polar surface area (TPSA) is 91.8 Å². The number of rotatable bonds is 4. The summed E-state index contributed by atoms with van der Waals surface area (Å²) in [5.74, 6) is -1.03. The van der Waals surface area contributed by atoms with Gasteiger partial charge in [0.1, 0.15) is 11.8 Å². The third-order valence-corrected chi connectivity index (χ3v) is 8.42. The number of hydrogen-bond acceptors (Lipinski definition) is 4. The molecule has 6 nitrogen and oxygen atoms in total. The van der Waals surface area contributed by atoms with Crippen LogP contribution in [0, 0.1) is 16.7 Å². The lowest BCUT2D eigenvalue weighted by molar-refractivity contribution is -0.140. The second-order valence-corrected chi connectivity index (χ2v) is 9.45. The van der Waals surface area contributed by atoms with Gasteiger partial charge in [0, 0.05) is 18.4 Å². The molecule has 2 aliphatic carbocycles. The molecule has 3 atom stereocenters.